The van der Waals surface area contributed by atoms with E-state index in [2.05, 4.69) is 12.2 Å². The van der Waals surface area contributed by atoms with Crippen LogP contribution in [0, 0.1) is 0 Å². The molecule has 2 rings (SSSR count). The van der Waals surface area contributed by atoms with Gasteiger partial charge in [-0.25, -0.2) is 4.79 Å². The summed E-state index contributed by atoms with van der Waals surface area (Å²) < 4.78 is 5.49. The lowest BCUT2D eigenvalue weighted by atomic mass is 9.82. The van der Waals surface area contributed by atoms with Crippen LogP contribution in [0.3, 0.4) is 0 Å². The monoisotopic (exact) mass is 197 g/mol. The van der Waals surface area contributed by atoms with Gasteiger partial charge in [0.05, 0.1) is 6.04 Å². The van der Waals surface area contributed by atoms with Crippen LogP contribution < -0.4 is 5.32 Å². The smallest absolute Gasteiger partial charge is 0.408 e. The van der Waals surface area contributed by atoms with E-state index in [-0.39, 0.29) is 17.7 Å². The maximum Gasteiger partial charge on any atom is 0.408 e. The maximum atomic E-state index is 11.2. The second kappa shape index (κ2) is 3.79. The Morgan fingerprint density at radius 2 is 1.79 bits per heavy atom. The number of alkyl carbamates (subject to hydrolysis) is 1. The first-order valence-corrected chi connectivity index (χ1v) is 5.72. The number of hydrogen-bond donors (Lipinski definition) is 1. The molecule has 1 N–H and O–H groups in total. The van der Waals surface area contributed by atoms with Crippen LogP contribution in [0.4, 0.5) is 4.79 Å². The van der Waals surface area contributed by atoms with Gasteiger partial charge in [0, 0.05) is 0 Å². The Bertz CT molecular complexity index is 219. The van der Waals surface area contributed by atoms with Crippen molar-refractivity contribution in [3.8, 4) is 0 Å². The van der Waals surface area contributed by atoms with Gasteiger partial charge in [-0.1, -0.05) is 19.3 Å². The van der Waals surface area contributed by atoms with E-state index in [0.29, 0.717) is 0 Å². The lowest BCUT2D eigenvalue weighted by Crippen LogP contribution is -2.41. The third-order valence-electron chi connectivity index (χ3n) is 3.62. The molecule has 0 bridgehead atoms. The average molecular weight is 197 g/mol. The van der Waals surface area contributed by atoms with Gasteiger partial charge in [-0.3, -0.25) is 0 Å². The second-order valence-electron chi connectivity index (χ2n) is 4.59. The van der Waals surface area contributed by atoms with Crippen LogP contribution in [0.15, 0.2) is 0 Å². The molecular weight excluding hydrogens is 178 g/mol. The van der Waals surface area contributed by atoms with Crippen LogP contribution in [0.1, 0.15) is 51.9 Å². The molecule has 3 heteroatoms. The molecule has 2 aliphatic rings. The first kappa shape index (κ1) is 9.81. The summed E-state index contributed by atoms with van der Waals surface area (Å²) in [4.78, 5) is 11.2. The van der Waals surface area contributed by atoms with Gasteiger partial charge in [0.15, 0.2) is 0 Å². The normalized spacial score (nSPS) is 31.8. The molecule has 0 aromatic rings. The number of carbonyl (C=O) groups is 1. The Morgan fingerprint density at radius 1 is 1.21 bits per heavy atom. The lowest BCUT2D eigenvalue weighted by Gasteiger charge is -2.32. The summed E-state index contributed by atoms with van der Waals surface area (Å²) in [5.74, 6) is 0. The predicted octanol–water partition coefficient (Wildman–Crippen LogP) is 2.60. The minimum atomic E-state index is -0.224. The van der Waals surface area contributed by atoms with E-state index in [4.69, 9.17) is 4.74 Å². The van der Waals surface area contributed by atoms with Crippen molar-refractivity contribution in [1.82, 2.24) is 5.32 Å². The Morgan fingerprint density at radius 3 is 2.29 bits per heavy atom. The highest BCUT2D eigenvalue weighted by Gasteiger charge is 2.45. The highest BCUT2D eigenvalue weighted by molar-refractivity contribution is 5.71. The molecule has 1 saturated carbocycles. The third kappa shape index (κ3) is 1.72. The number of ether oxygens (including phenoxy) is 1. The second-order valence-corrected chi connectivity index (χ2v) is 4.59. The first-order valence-electron chi connectivity index (χ1n) is 5.72. The molecule has 1 atom stereocenters. The van der Waals surface area contributed by atoms with Gasteiger partial charge in [0.25, 0.3) is 0 Å². The molecule has 1 aliphatic carbocycles. The molecule has 2 fully saturated rings. The van der Waals surface area contributed by atoms with Crippen LogP contribution in [0.25, 0.3) is 0 Å². The minimum absolute atomic E-state index is 0.183. The van der Waals surface area contributed by atoms with Gasteiger partial charge in [0.1, 0.15) is 5.60 Å². The van der Waals surface area contributed by atoms with Gasteiger partial charge in [-0.2, -0.15) is 0 Å². The summed E-state index contributed by atoms with van der Waals surface area (Å²) in [5.41, 5.74) is -0.183. The molecular formula is C11H19NO2. The van der Waals surface area contributed by atoms with E-state index in [0.717, 1.165) is 12.8 Å². The zero-order chi connectivity index (χ0) is 10.0. The molecule has 0 aromatic carbocycles. The van der Waals surface area contributed by atoms with E-state index >= 15 is 0 Å². The summed E-state index contributed by atoms with van der Waals surface area (Å²) in [6.45, 7) is 2.06. The standard InChI is InChI=1S/C11H19NO2/c1-9-11(14-10(13)12-9)7-5-3-2-4-6-8-11/h9H,2-8H2,1H3,(H,12,13). The molecule has 1 amide bonds. The number of amides is 1. The fraction of sp³-hybridized carbons (Fsp3) is 0.909. The Kier molecular flexibility index (Phi) is 2.66. The lowest BCUT2D eigenvalue weighted by molar-refractivity contribution is 0.0169. The van der Waals surface area contributed by atoms with Crippen molar-refractivity contribution in [3.05, 3.63) is 0 Å². The van der Waals surface area contributed by atoms with Crippen molar-refractivity contribution >= 4 is 6.09 Å². The molecule has 3 nitrogen and oxygen atoms in total. The zero-order valence-corrected chi connectivity index (χ0v) is 8.84. The van der Waals surface area contributed by atoms with Crippen molar-refractivity contribution < 1.29 is 9.53 Å². The van der Waals surface area contributed by atoms with Gasteiger partial charge < -0.3 is 10.1 Å². The number of rotatable bonds is 0. The quantitative estimate of drug-likeness (QED) is 0.648. The van der Waals surface area contributed by atoms with Crippen LogP contribution in [-0.4, -0.2) is 17.7 Å². The summed E-state index contributed by atoms with van der Waals surface area (Å²) in [5, 5.41) is 2.86. The molecule has 1 aliphatic heterocycles. The fourth-order valence-corrected chi connectivity index (χ4v) is 2.65. The van der Waals surface area contributed by atoms with E-state index in [1.165, 1.54) is 32.1 Å². The van der Waals surface area contributed by atoms with E-state index in [9.17, 15) is 4.79 Å². The summed E-state index contributed by atoms with van der Waals surface area (Å²) in [7, 11) is 0. The minimum Gasteiger partial charge on any atom is -0.441 e. The highest BCUT2D eigenvalue weighted by atomic mass is 16.6. The summed E-state index contributed by atoms with van der Waals surface area (Å²) in [6.07, 6.45) is 8.14. The Balaban J connectivity index is 2.07. The summed E-state index contributed by atoms with van der Waals surface area (Å²) >= 11 is 0. The molecule has 0 aromatic heterocycles. The molecule has 80 valence electrons. The molecule has 0 radical (unpaired) electrons. The van der Waals surface area contributed by atoms with Gasteiger partial charge >= 0.3 is 6.09 Å². The topological polar surface area (TPSA) is 38.3 Å². The Labute approximate surface area is 85.2 Å². The highest BCUT2D eigenvalue weighted by Crippen LogP contribution is 2.35. The number of nitrogens with one attached hydrogen (secondary N) is 1. The van der Waals surface area contributed by atoms with E-state index in [1.807, 2.05) is 0 Å². The van der Waals surface area contributed by atoms with E-state index in [1.54, 1.807) is 0 Å². The van der Waals surface area contributed by atoms with Gasteiger partial charge in [-0.15, -0.1) is 0 Å². The SMILES string of the molecule is CC1NC(=O)OC12CCCCCCC2. The zero-order valence-electron chi connectivity index (χ0n) is 8.84. The van der Waals surface area contributed by atoms with E-state index < -0.39 is 0 Å². The first-order chi connectivity index (χ1) is 6.73. The predicted molar refractivity (Wildman–Crippen MR) is 54.1 cm³/mol. The molecule has 1 heterocycles. The molecule has 14 heavy (non-hydrogen) atoms. The molecule has 1 unspecified atom stereocenters. The fourth-order valence-electron chi connectivity index (χ4n) is 2.65. The number of hydrogen-bond acceptors (Lipinski definition) is 2. The van der Waals surface area contributed by atoms with Gasteiger partial charge in [0.2, 0.25) is 0 Å². The van der Waals surface area contributed by atoms with Crippen LogP contribution in [-0.2, 0) is 4.74 Å². The maximum absolute atomic E-state index is 11.2. The van der Waals surface area contributed by atoms with Crippen molar-refractivity contribution in [2.24, 2.45) is 0 Å². The van der Waals surface area contributed by atoms with Crippen LogP contribution in [0.2, 0.25) is 0 Å². The van der Waals surface area contributed by atoms with Crippen molar-refractivity contribution in [3.63, 3.8) is 0 Å². The van der Waals surface area contributed by atoms with Crippen LogP contribution >= 0.6 is 0 Å². The summed E-state index contributed by atoms with van der Waals surface area (Å²) in [6, 6.07) is 0.188. The van der Waals surface area contributed by atoms with Crippen molar-refractivity contribution in [2.45, 2.75) is 63.5 Å². The molecule has 1 saturated heterocycles. The van der Waals surface area contributed by atoms with Crippen molar-refractivity contribution in [2.75, 3.05) is 0 Å². The van der Waals surface area contributed by atoms with Crippen molar-refractivity contribution in [1.29, 1.82) is 0 Å². The number of carbonyl (C=O) groups excluding carboxylic acids is 1. The average Bonchev–Trinajstić information content (AvgIpc) is 2.36. The third-order valence-corrected chi connectivity index (χ3v) is 3.62. The van der Waals surface area contributed by atoms with Gasteiger partial charge in [-0.05, 0) is 32.6 Å². The Hall–Kier alpha value is -0.730. The van der Waals surface area contributed by atoms with Crippen LogP contribution in [0.5, 0.6) is 0 Å². The molecule has 1 spiro atoms. The largest absolute Gasteiger partial charge is 0.441 e.